The molecule has 18 heavy (non-hydrogen) atoms. The van der Waals surface area contributed by atoms with Crippen molar-refractivity contribution in [3.05, 3.63) is 41.5 Å². The number of anilines is 1. The number of benzene rings is 1. The molecule has 1 amide bonds. The molecule has 0 fully saturated rings. The SMILES string of the molecule is O=C(Nc1cccc2c1CCCC2)c1ncn[nH]1. The maximum absolute atomic E-state index is 11.9. The Balaban J connectivity index is 1.87. The molecule has 1 aliphatic rings. The van der Waals surface area contributed by atoms with Gasteiger partial charge in [0.05, 0.1) is 0 Å². The monoisotopic (exact) mass is 242 g/mol. The predicted octanol–water partition coefficient (Wildman–Crippen LogP) is 1.94. The number of carbonyl (C=O) groups excluding carboxylic acids is 1. The van der Waals surface area contributed by atoms with Crippen LogP contribution in [0.4, 0.5) is 5.69 Å². The Kier molecular flexibility index (Phi) is 2.80. The lowest BCUT2D eigenvalue weighted by Crippen LogP contribution is -2.16. The molecule has 0 atom stereocenters. The molecular weight excluding hydrogens is 228 g/mol. The van der Waals surface area contributed by atoms with Crippen LogP contribution in [0.15, 0.2) is 24.5 Å². The summed E-state index contributed by atoms with van der Waals surface area (Å²) in [6, 6.07) is 6.07. The second kappa shape index (κ2) is 4.60. The second-order valence-electron chi connectivity index (χ2n) is 4.44. The average Bonchev–Trinajstić information content (AvgIpc) is 2.93. The molecular formula is C13H14N4O. The van der Waals surface area contributed by atoms with E-state index in [1.54, 1.807) is 0 Å². The van der Waals surface area contributed by atoms with E-state index in [1.807, 2.05) is 12.1 Å². The molecule has 1 aromatic carbocycles. The molecule has 0 aliphatic heterocycles. The lowest BCUT2D eigenvalue weighted by atomic mass is 9.90. The third-order valence-corrected chi connectivity index (χ3v) is 3.27. The van der Waals surface area contributed by atoms with Crippen LogP contribution in [0.2, 0.25) is 0 Å². The zero-order valence-corrected chi connectivity index (χ0v) is 9.94. The van der Waals surface area contributed by atoms with Gasteiger partial charge in [0, 0.05) is 5.69 Å². The first-order valence-corrected chi connectivity index (χ1v) is 6.12. The molecule has 0 saturated heterocycles. The van der Waals surface area contributed by atoms with E-state index in [0.717, 1.165) is 18.5 Å². The molecule has 1 heterocycles. The fourth-order valence-corrected chi connectivity index (χ4v) is 2.39. The molecule has 1 aliphatic carbocycles. The van der Waals surface area contributed by atoms with Crippen LogP contribution in [0.1, 0.15) is 34.6 Å². The van der Waals surface area contributed by atoms with Crippen LogP contribution in [0.3, 0.4) is 0 Å². The summed E-state index contributed by atoms with van der Waals surface area (Å²) in [4.78, 5) is 15.8. The number of aromatic amines is 1. The molecule has 0 bridgehead atoms. The summed E-state index contributed by atoms with van der Waals surface area (Å²) >= 11 is 0. The van der Waals surface area contributed by atoms with E-state index in [9.17, 15) is 4.79 Å². The van der Waals surface area contributed by atoms with Crippen molar-refractivity contribution >= 4 is 11.6 Å². The van der Waals surface area contributed by atoms with Crippen LogP contribution in [-0.2, 0) is 12.8 Å². The van der Waals surface area contributed by atoms with Gasteiger partial charge in [0.2, 0.25) is 5.82 Å². The number of fused-ring (bicyclic) bond motifs is 1. The molecule has 92 valence electrons. The van der Waals surface area contributed by atoms with E-state index in [0.29, 0.717) is 0 Å². The first-order chi connectivity index (χ1) is 8.84. The number of carbonyl (C=O) groups is 1. The fourth-order valence-electron chi connectivity index (χ4n) is 2.39. The Labute approximate surface area is 105 Å². The minimum atomic E-state index is -0.244. The summed E-state index contributed by atoms with van der Waals surface area (Å²) in [7, 11) is 0. The minimum Gasteiger partial charge on any atom is -0.319 e. The third kappa shape index (κ3) is 1.99. The summed E-state index contributed by atoms with van der Waals surface area (Å²) < 4.78 is 0. The van der Waals surface area contributed by atoms with Crippen molar-refractivity contribution in [2.24, 2.45) is 0 Å². The second-order valence-corrected chi connectivity index (χ2v) is 4.44. The van der Waals surface area contributed by atoms with Crippen LogP contribution in [0, 0.1) is 0 Å². The Bertz CT molecular complexity index is 562. The summed E-state index contributed by atoms with van der Waals surface area (Å²) in [6.45, 7) is 0. The van der Waals surface area contributed by atoms with E-state index >= 15 is 0 Å². The van der Waals surface area contributed by atoms with Gasteiger partial charge < -0.3 is 5.32 Å². The summed E-state index contributed by atoms with van der Waals surface area (Å²) in [5.41, 5.74) is 3.50. The summed E-state index contributed by atoms with van der Waals surface area (Å²) in [5.74, 6) is -0.00474. The van der Waals surface area contributed by atoms with Gasteiger partial charge in [-0.1, -0.05) is 12.1 Å². The average molecular weight is 242 g/mol. The standard InChI is InChI=1S/C13H14N4O/c18-13(12-14-8-15-17-12)16-11-7-3-5-9-4-1-2-6-10(9)11/h3,5,7-8H,1-2,4,6H2,(H,16,18)(H,14,15,17). The third-order valence-electron chi connectivity index (χ3n) is 3.27. The van der Waals surface area contributed by atoms with E-state index < -0.39 is 0 Å². The molecule has 0 radical (unpaired) electrons. The lowest BCUT2D eigenvalue weighted by Gasteiger charge is -2.19. The van der Waals surface area contributed by atoms with Crippen LogP contribution in [0.5, 0.6) is 0 Å². The van der Waals surface area contributed by atoms with Crippen molar-refractivity contribution in [2.75, 3.05) is 5.32 Å². The van der Waals surface area contributed by atoms with Gasteiger partial charge in [-0.2, -0.15) is 5.10 Å². The molecule has 0 spiro atoms. The Morgan fingerprint density at radius 1 is 1.28 bits per heavy atom. The van der Waals surface area contributed by atoms with E-state index in [-0.39, 0.29) is 11.7 Å². The maximum Gasteiger partial charge on any atom is 0.292 e. The van der Waals surface area contributed by atoms with Crippen LogP contribution in [0.25, 0.3) is 0 Å². The summed E-state index contributed by atoms with van der Waals surface area (Å²) in [6.07, 6.45) is 5.87. The number of nitrogens with zero attached hydrogens (tertiary/aromatic N) is 2. The molecule has 5 nitrogen and oxygen atoms in total. The van der Waals surface area contributed by atoms with Crippen molar-refractivity contribution in [3.63, 3.8) is 0 Å². The number of amides is 1. The highest BCUT2D eigenvalue weighted by molar-refractivity contribution is 6.02. The highest BCUT2D eigenvalue weighted by Gasteiger charge is 2.16. The van der Waals surface area contributed by atoms with E-state index in [1.165, 1.54) is 30.3 Å². The molecule has 0 saturated carbocycles. The van der Waals surface area contributed by atoms with Crippen molar-refractivity contribution in [1.29, 1.82) is 0 Å². The minimum absolute atomic E-state index is 0.239. The van der Waals surface area contributed by atoms with Gasteiger partial charge in [-0.25, -0.2) is 4.98 Å². The van der Waals surface area contributed by atoms with Gasteiger partial charge in [0.1, 0.15) is 6.33 Å². The normalized spacial score (nSPS) is 14.0. The quantitative estimate of drug-likeness (QED) is 0.845. The highest BCUT2D eigenvalue weighted by atomic mass is 16.2. The van der Waals surface area contributed by atoms with Gasteiger partial charge in [0.15, 0.2) is 0 Å². The number of hydrogen-bond donors (Lipinski definition) is 2. The Hall–Kier alpha value is -2.17. The van der Waals surface area contributed by atoms with E-state index in [4.69, 9.17) is 0 Å². The first kappa shape index (κ1) is 11.0. The molecule has 3 rings (SSSR count). The molecule has 0 unspecified atom stereocenters. The molecule has 2 aromatic rings. The van der Waals surface area contributed by atoms with Crippen molar-refractivity contribution < 1.29 is 4.79 Å². The molecule has 5 heteroatoms. The smallest absolute Gasteiger partial charge is 0.292 e. The Morgan fingerprint density at radius 2 is 2.17 bits per heavy atom. The first-order valence-electron chi connectivity index (χ1n) is 6.12. The van der Waals surface area contributed by atoms with Crippen LogP contribution >= 0.6 is 0 Å². The highest BCUT2D eigenvalue weighted by Crippen LogP contribution is 2.27. The van der Waals surface area contributed by atoms with Gasteiger partial charge in [-0.3, -0.25) is 9.89 Å². The molecule has 2 N–H and O–H groups in total. The van der Waals surface area contributed by atoms with Crippen LogP contribution < -0.4 is 5.32 Å². The number of aromatic nitrogens is 3. The fraction of sp³-hybridized carbons (Fsp3) is 0.308. The number of rotatable bonds is 2. The van der Waals surface area contributed by atoms with E-state index in [2.05, 4.69) is 26.6 Å². The summed E-state index contributed by atoms with van der Waals surface area (Å²) in [5, 5.41) is 9.14. The molecule has 1 aromatic heterocycles. The van der Waals surface area contributed by atoms with Gasteiger partial charge in [0.25, 0.3) is 5.91 Å². The zero-order chi connectivity index (χ0) is 12.4. The largest absolute Gasteiger partial charge is 0.319 e. The lowest BCUT2D eigenvalue weighted by molar-refractivity contribution is 0.101. The topological polar surface area (TPSA) is 70.7 Å². The number of hydrogen-bond acceptors (Lipinski definition) is 3. The predicted molar refractivity (Wildman–Crippen MR) is 67.4 cm³/mol. The van der Waals surface area contributed by atoms with Crippen molar-refractivity contribution in [2.45, 2.75) is 25.7 Å². The number of nitrogens with one attached hydrogen (secondary N) is 2. The van der Waals surface area contributed by atoms with Crippen molar-refractivity contribution in [3.8, 4) is 0 Å². The number of aryl methyl sites for hydroxylation is 1. The zero-order valence-electron chi connectivity index (χ0n) is 9.94. The van der Waals surface area contributed by atoms with Gasteiger partial charge >= 0.3 is 0 Å². The Morgan fingerprint density at radius 3 is 3.00 bits per heavy atom. The van der Waals surface area contributed by atoms with Gasteiger partial charge in [-0.15, -0.1) is 0 Å². The van der Waals surface area contributed by atoms with Gasteiger partial charge in [-0.05, 0) is 42.9 Å². The van der Waals surface area contributed by atoms with Crippen LogP contribution in [-0.4, -0.2) is 21.1 Å². The van der Waals surface area contributed by atoms with Crippen molar-refractivity contribution in [1.82, 2.24) is 15.2 Å². The number of H-pyrrole nitrogens is 1. The maximum atomic E-state index is 11.9.